The lowest BCUT2D eigenvalue weighted by molar-refractivity contribution is -0.0418. The van der Waals surface area contributed by atoms with E-state index in [1.54, 1.807) is 25.3 Å². The largest absolute Gasteiger partial charge is 0.488 e. The first-order valence-electron chi connectivity index (χ1n) is 13.1. The number of anilines is 2. The summed E-state index contributed by atoms with van der Waals surface area (Å²) in [5.41, 5.74) is 2.35. The van der Waals surface area contributed by atoms with Gasteiger partial charge in [0.1, 0.15) is 30.3 Å². The molecular formula is C30H29BrFN3O5S. The molecule has 5 rings (SSSR count). The molecule has 1 N–H and O–H groups in total. The van der Waals surface area contributed by atoms with Crippen LogP contribution in [0.3, 0.4) is 0 Å². The molecule has 41 heavy (non-hydrogen) atoms. The third-order valence-electron chi connectivity index (χ3n) is 6.79. The van der Waals surface area contributed by atoms with Crippen LogP contribution in [0.2, 0.25) is 0 Å². The van der Waals surface area contributed by atoms with Crippen molar-refractivity contribution in [1.82, 2.24) is 9.97 Å². The number of halogens is 2. The molecular weight excluding hydrogens is 613 g/mol. The van der Waals surface area contributed by atoms with Gasteiger partial charge in [-0.05, 0) is 75.6 Å². The van der Waals surface area contributed by atoms with E-state index in [0.29, 0.717) is 18.0 Å². The SMILES string of the molecule is CCS(=O)(=O)CCOCC1(c2ccc3ncnc(Nc4ccc(OCc5cccc(F)c5)c(Br)c4)c3c2)CC=CO1. The molecule has 1 aliphatic rings. The van der Waals surface area contributed by atoms with Gasteiger partial charge in [-0.1, -0.05) is 25.1 Å². The van der Waals surface area contributed by atoms with E-state index in [9.17, 15) is 12.8 Å². The smallest absolute Gasteiger partial charge is 0.160 e. The Hall–Kier alpha value is -3.54. The predicted octanol–water partition coefficient (Wildman–Crippen LogP) is 6.43. The van der Waals surface area contributed by atoms with Crippen LogP contribution in [0.5, 0.6) is 5.75 Å². The maximum atomic E-state index is 13.5. The number of nitrogens with one attached hydrogen (secondary N) is 1. The van der Waals surface area contributed by atoms with Gasteiger partial charge in [0, 0.05) is 23.2 Å². The Morgan fingerprint density at radius 1 is 1.12 bits per heavy atom. The lowest BCUT2D eigenvalue weighted by Gasteiger charge is -2.29. The standard InChI is InChI=1S/C30H29BrFN3O5S/c1-2-41(36,37)14-13-38-19-30(11-4-12-40-30)22-7-9-27-25(16-22)29(34-20-33-27)35-24-8-10-28(26(31)17-24)39-18-21-5-3-6-23(32)15-21/h3-10,12,15-17,20H,2,11,13-14,18-19H2,1H3,(H,33,34,35). The van der Waals surface area contributed by atoms with E-state index in [1.165, 1.54) is 18.5 Å². The van der Waals surface area contributed by atoms with Gasteiger partial charge in [-0.3, -0.25) is 0 Å². The van der Waals surface area contributed by atoms with Gasteiger partial charge in [-0.2, -0.15) is 0 Å². The van der Waals surface area contributed by atoms with Gasteiger partial charge in [0.05, 0.1) is 35.2 Å². The van der Waals surface area contributed by atoms with Crippen molar-refractivity contribution in [3.63, 3.8) is 0 Å². The molecule has 0 spiro atoms. The summed E-state index contributed by atoms with van der Waals surface area (Å²) in [6.45, 7) is 2.16. The number of ether oxygens (including phenoxy) is 3. The minimum absolute atomic E-state index is 0.0309. The van der Waals surface area contributed by atoms with E-state index < -0.39 is 15.4 Å². The summed E-state index contributed by atoms with van der Waals surface area (Å²) in [4.78, 5) is 8.90. The molecule has 1 atom stereocenters. The number of nitrogens with zero attached hydrogens (tertiary/aromatic N) is 2. The Labute approximate surface area is 246 Å². The summed E-state index contributed by atoms with van der Waals surface area (Å²) in [6, 6.07) is 17.7. The van der Waals surface area contributed by atoms with Crippen LogP contribution in [0.15, 0.2) is 83.8 Å². The first-order chi connectivity index (χ1) is 19.8. The molecule has 11 heteroatoms. The predicted molar refractivity (Wildman–Crippen MR) is 159 cm³/mol. The van der Waals surface area contributed by atoms with Crippen LogP contribution >= 0.6 is 15.9 Å². The Balaban J connectivity index is 1.33. The topological polar surface area (TPSA) is 99.6 Å². The molecule has 0 amide bonds. The Bertz CT molecular complexity index is 1670. The number of hydrogen-bond acceptors (Lipinski definition) is 8. The second kappa shape index (κ2) is 12.5. The maximum Gasteiger partial charge on any atom is 0.160 e. The molecule has 1 unspecified atom stereocenters. The van der Waals surface area contributed by atoms with Gasteiger partial charge in [0.15, 0.2) is 15.4 Å². The van der Waals surface area contributed by atoms with E-state index in [1.807, 2.05) is 42.5 Å². The van der Waals surface area contributed by atoms with Crippen molar-refractivity contribution in [3.05, 3.63) is 101 Å². The van der Waals surface area contributed by atoms with Crippen LogP contribution in [0, 0.1) is 5.82 Å². The second-order valence-corrected chi connectivity index (χ2v) is 12.9. The summed E-state index contributed by atoms with van der Waals surface area (Å²) >= 11 is 3.56. The van der Waals surface area contributed by atoms with E-state index >= 15 is 0 Å². The van der Waals surface area contributed by atoms with E-state index in [4.69, 9.17) is 14.2 Å². The highest BCUT2D eigenvalue weighted by molar-refractivity contribution is 9.10. The van der Waals surface area contributed by atoms with Gasteiger partial charge in [-0.25, -0.2) is 22.8 Å². The van der Waals surface area contributed by atoms with Gasteiger partial charge >= 0.3 is 0 Å². The molecule has 0 fully saturated rings. The van der Waals surface area contributed by atoms with Crippen LogP contribution in [-0.4, -0.2) is 43.1 Å². The Morgan fingerprint density at radius 2 is 2.00 bits per heavy atom. The molecule has 1 aliphatic heterocycles. The van der Waals surface area contributed by atoms with Crippen molar-refractivity contribution in [1.29, 1.82) is 0 Å². The Morgan fingerprint density at radius 3 is 2.76 bits per heavy atom. The summed E-state index contributed by atoms with van der Waals surface area (Å²) in [6.07, 6.45) is 5.65. The zero-order chi connectivity index (χ0) is 28.9. The van der Waals surface area contributed by atoms with Crippen molar-refractivity contribution >= 4 is 48.2 Å². The highest BCUT2D eigenvalue weighted by atomic mass is 79.9. The van der Waals surface area contributed by atoms with Crippen molar-refractivity contribution < 1.29 is 27.0 Å². The van der Waals surface area contributed by atoms with Crippen LogP contribution < -0.4 is 10.1 Å². The Kier molecular flexibility index (Phi) is 8.86. The molecule has 214 valence electrons. The monoisotopic (exact) mass is 641 g/mol. The van der Waals surface area contributed by atoms with E-state index in [0.717, 1.165) is 32.2 Å². The first-order valence-corrected chi connectivity index (χ1v) is 15.7. The molecule has 2 heterocycles. The molecule has 0 saturated carbocycles. The fourth-order valence-electron chi connectivity index (χ4n) is 4.45. The summed E-state index contributed by atoms with van der Waals surface area (Å²) < 4.78 is 55.6. The molecule has 4 aromatic rings. The second-order valence-electron chi connectivity index (χ2n) is 9.62. The van der Waals surface area contributed by atoms with Crippen molar-refractivity contribution in [3.8, 4) is 5.75 Å². The van der Waals surface area contributed by atoms with Gasteiger partial charge < -0.3 is 19.5 Å². The zero-order valence-electron chi connectivity index (χ0n) is 22.3. The minimum Gasteiger partial charge on any atom is -0.488 e. The van der Waals surface area contributed by atoms with Crippen LogP contribution in [0.25, 0.3) is 10.9 Å². The molecule has 0 bridgehead atoms. The molecule has 0 aliphatic carbocycles. The number of benzene rings is 3. The normalized spacial score (nSPS) is 16.6. The molecule has 1 aromatic heterocycles. The lowest BCUT2D eigenvalue weighted by atomic mass is 9.91. The lowest BCUT2D eigenvalue weighted by Crippen LogP contribution is -2.32. The fraction of sp³-hybridized carbons (Fsp3) is 0.267. The average molecular weight is 643 g/mol. The zero-order valence-corrected chi connectivity index (χ0v) is 24.8. The van der Waals surface area contributed by atoms with Crippen LogP contribution in [0.1, 0.15) is 24.5 Å². The molecule has 8 nitrogen and oxygen atoms in total. The van der Waals surface area contributed by atoms with Crippen molar-refractivity contribution in [2.75, 3.05) is 30.0 Å². The van der Waals surface area contributed by atoms with Crippen molar-refractivity contribution in [2.45, 2.75) is 25.6 Å². The molecule has 0 saturated heterocycles. The molecule has 0 radical (unpaired) electrons. The third-order valence-corrected chi connectivity index (χ3v) is 9.08. The quantitative estimate of drug-likeness (QED) is 0.177. The van der Waals surface area contributed by atoms with Gasteiger partial charge in [-0.15, -0.1) is 0 Å². The van der Waals surface area contributed by atoms with Gasteiger partial charge in [0.2, 0.25) is 0 Å². The number of hydrogen-bond donors (Lipinski definition) is 1. The van der Waals surface area contributed by atoms with Crippen LogP contribution in [0.4, 0.5) is 15.9 Å². The average Bonchev–Trinajstić information content (AvgIpc) is 3.45. The summed E-state index contributed by atoms with van der Waals surface area (Å²) in [7, 11) is -3.12. The number of rotatable bonds is 12. The fourth-order valence-corrected chi connectivity index (χ4v) is 5.61. The third kappa shape index (κ3) is 7.03. The number of sulfone groups is 1. The maximum absolute atomic E-state index is 13.5. The number of aromatic nitrogens is 2. The van der Waals surface area contributed by atoms with E-state index in [2.05, 4.69) is 31.2 Å². The van der Waals surface area contributed by atoms with Crippen LogP contribution in [-0.2, 0) is 31.5 Å². The number of fused-ring (bicyclic) bond motifs is 1. The summed E-state index contributed by atoms with van der Waals surface area (Å²) in [5.74, 6) is 0.974. The van der Waals surface area contributed by atoms with Crippen molar-refractivity contribution in [2.24, 2.45) is 0 Å². The summed E-state index contributed by atoms with van der Waals surface area (Å²) in [5, 5.41) is 4.15. The highest BCUT2D eigenvalue weighted by Gasteiger charge is 2.36. The first kappa shape index (κ1) is 29.0. The molecule has 3 aromatic carbocycles. The van der Waals surface area contributed by atoms with E-state index in [-0.39, 0.29) is 37.1 Å². The highest BCUT2D eigenvalue weighted by Crippen LogP contribution is 2.38. The minimum atomic E-state index is -3.12. The van der Waals surface area contributed by atoms with Gasteiger partial charge in [0.25, 0.3) is 0 Å².